The van der Waals surface area contributed by atoms with Crippen LogP contribution in [0.3, 0.4) is 0 Å². The molecular formula is C26H32O4Si2. The highest BCUT2D eigenvalue weighted by Crippen LogP contribution is 2.27. The van der Waals surface area contributed by atoms with Crippen molar-refractivity contribution in [3.63, 3.8) is 0 Å². The molecule has 0 saturated carbocycles. The van der Waals surface area contributed by atoms with Gasteiger partial charge < -0.3 is 9.47 Å². The van der Waals surface area contributed by atoms with Crippen molar-refractivity contribution in [2.45, 2.75) is 46.2 Å². The van der Waals surface area contributed by atoms with Gasteiger partial charge >= 0.3 is 5.97 Å². The van der Waals surface area contributed by atoms with Gasteiger partial charge in [0.15, 0.2) is 5.78 Å². The molecule has 168 valence electrons. The Hall–Kier alpha value is -2.71. The number of fused-ring (bicyclic) bond motifs is 1. The number of esters is 1. The summed E-state index contributed by atoms with van der Waals surface area (Å²) in [6.07, 6.45) is 0. The van der Waals surface area contributed by atoms with E-state index in [9.17, 15) is 9.59 Å². The summed E-state index contributed by atoms with van der Waals surface area (Å²) in [7, 11) is -1.77. The number of ketones is 1. The molecule has 0 radical (unpaired) electrons. The first-order valence-corrected chi connectivity index (χ1v) is 17.8. The number of hydrogen-bond donors (Lipinski definition) is 0. The molecule has 3 rings (SSSR count). The number of carbonyl (C=O) groups excluding carboxylic acids is 2. The molecule has 0 aliphatic heterocycles. The normalized spacial score (nSPS) is 12.0. The molecule has 4 nitrogen and oxygen atoms in total. The van der Waals surface area contributed by atoms with Crippen LogP contribution >= 0.6 is 0 Å². The fourth-order valence-corrected chi connectivity index (χ4v) is 7.01. The van der Waals surface area contributed by atoms with E-state index < -0.39 is 22.1 Å². The first-order chi connectivity index (χ1) is 14.8. The topological polar surface area (TPSA) is 52.6 Å². The Morgan fingerprint density at radius 2 is 1.12 bits per heavy atom. The monoisotopic (exact) mass is 464 g/mol. The first kappa shape index (κ1) is 23.9. The van der Waals surface area contributed by atoms with Gasteiger partial charge in [-0.15, -0.1) is 0 Å². The van der Waals surface area contributed by atoms with Crippen LogP contribution in [0.4, 0.5) is 0 Å². The van der Waals surface area contributed by atoms with Crippen molar-refractivity contribution >= 4 is 49.0 Å². The standard InChI is InChI=1S/C26H32O4Si2/c1-17(27)18-9-11-19(12-10-18)26(28)30-21-14-23-22(25(16-21)32(6,7)8)13-20(29-2)15-24(23)31(3,4)5/h9-16H,1-8H3. The van der Waals surface area contributed by atoms with Gasteiger partial charge in [-0.3, -0.25) is 4.79 Å². The lowest BCUT2D eigenvalue weighted by Gasteiger charge is -2.25. The van der Waals surface area contributed by atoms with Crippen molar-refractivity contribution in [2.24, 2.45) is 0 Å². The van der Waals surface area contributed by atoms with Crippen LogP contribution in [0.1, 0.15) is 27.6 Å². The highest BCUT2D eigenvalue weighted by molar-refractivity contribution is 6.92. The van der Waals surface area contributed by atoms with Crippen LogP contribution in [0, 0.1) is 0 Å². The first-order valence-electron chi connectivity index (χ1n) is 10.8. The molecule has 0 saturated heterocycles. The Labute approximate surface area is 192 Å². The molecule has 0 amide bonds. The third-order valence-corrected chi connectivity index (χ3v) is 9.67. The minimum atomic E-state index is -1.77. The summed E-state index contributed by atoms with van der Waals surface area (Å²) in [5, 5.41) is 4.85. The van der Waals surface area contributed by atoms with E-state index >= 15 is 0 Å². The van der Waals surface area contributed by atoms with Gasteiger partial charge in [-0.2, -0.15) is 0 Å². The van der Waals surface area contributed by atoms with Crippen LogP contribution in [0.15, 0.2) is 48.5 Å². The lowest BCUT2D eigenvalue weighted by atomic mass is 10.1. The maximum Gasteiger partial charge on any atom is 0.343 e. The molecule has 0 aromatic heterocycles. The van der Waals surface area contributed by atoms with Gasteiger partial charge in [0.05, 0.1) is 28.8 Å². The zero-order valence-electron chi connectivity index (χ0n) is 20.3. The quantitative estimate of drug-likeness (QED) is 0.213. The number of ether oxygens (including phenoxy) is 2. The van der Waals surface area contributed by atoms with Crippen molar-refractivity contribution in [2.75, 3.05) is 7.11 Å². The Morgan fingerprint density at radius 3 is 1.56 bits per heavy atom. The van der Waals surface area contributed by atoms with E-state index in [1.165, 1.54) is 22.7 Å². The van der Waals surface area contributed by atoms with Crippen LogP contribution in [-0.4, -0.2) is 35.0 Å². The minimum absolute atomic E-state index is 0.0338. The second-order valence-electron chi connectivity index (χ2n) is 10.3. The molecule has 3 aromatic carbocycles. The molecule has 0 heterocycles. The number of methoxy groups -OCH3 is 1. The zero-order chi connectivity index (χ0) is 23.8. The van der Waals surface area contributed by atoms with Crippen molar-refractivity contribution in [3.05, 3.63) is 59.7 Å². The lowest BCUT2D eigenvalue weighted by Crippen LogP contribution is -2.42. The zero-order valence-corrected chi connectivity index (χ0v) is 22.3. The van der Waals surface area contributed by atoms with E-state index in [0.717, 1.165) is 11.1 Å². The summed E-state index contributed by atoms with van der Waals surface area (Å²) in [5.41, 5.74) is 0.992. The molecule has 0 fully saturated rings. The fourth-order valence-electron chi connectivity index (χ4n) is 3.83. The summed E-state index contributed by atoms with van der Waals surface area (Å²) >= 11 is 0. The second-order valence-corrected chi connectivity index (χ2v) is 20.3. The van der Waals surface area contributed by atoms with Gasteiger partial charge in [-0.05, 0) is 64.5 Å². The largest absolute Gasteiger partial charge is 0.497 e. The second kappa shape index (κ2) is 8.67. The Morgan fingerprint density at radius 1 is 0.688 bits per heavy atom. The molecule has 0 aliphatic carbocycles. The van der Waals surface area contributed by atoms with Crippen molar-refractivity contribution in [3.8, 4) is 11.5 Å². The summed E-state index contributed by atoms with van der Waals surface area (Å²) in [6, 6.07) is 14.8. The Bertz CT molecular complexity index is 1180. The molecule has 0 aliphatic rings. The number of carbonyl (C=O) groups is 2. The van der Waals surface area contributed by atoms with E-state index in [-0.39, 0.29) is 5.78 Å². The maximum absolute atomic E-state index is 12.9. The van der Waals surface area contributed by atoms with Gasteiger partial charge in [0.25, 0.3) is 0 Å². The van der Waals surface area contributed by atoms with Gasteiger partial charge in [0.2, 0.25) is 0 Å². The van der Waals surface area contributed by atoms with Gasteiger partial charge in [0.1, 0.15) is 11.5 Å². The number of benzene rings is 3. The summed E-state index contributed by atoms with van der Waals surface area (Å²) in [6.45, 7) is 15.3. The van der Waals surface area contributed by atoms with Crippen LogP contribution in [0.25, 0.3) is 10.8 Å². The third kappa shape index (κ3) is 5.02. The van der Waals surface area contributed by atoms with E-state index in [2.05, 4.69) is 51.4 Å². The van der Waals surface area contributed by atoms with E-state index in [4.69, 9.17) is 9.47 Å². The average molecular weight is 465 g/mol. The summed E-state index contributed by atoms with van der Waals surface area (Å²) < 4.78 is 11.5. The molecular weight excluding hydrogens is 432 g/mol. The van der Waals surface area contributed by atoms with Crippen molar-refractivity contribution in [1.29, 1.82) is 0 Å². The number of Topliss-reactive ketones (excluding diaryl/α,β-unsaturated/α-hetero) is 1. The molecule has 0 N–H and O–H groups in total. The SMILES string of the molecule is COc1cc([Si](C)(C)C)c2cc(OC(=O)c3ccc(C(C)=O)cc3)cc([Si](C)(C)C)c2c1. The molecule has 6 heteroatoms. The predicted molar refractivity (Wildman–Crippen MR) is 138 cm³/mol. The molecule has 0 bridgehead atoms. The van der Waals surface area contributed by atoms with E-state index in [0.29, 0.717) is 16.9 Å². The van der Waals surface area contributed by atoms with Gasteiger partial charge in [-0.1, -0.05) is 51.4 Å². The smallest absolute Gasteiger partial charge is 0.343 e. The number of hydrogen-bond acceptors (Lipinski definition) is 4. The minimum Gasteiger partial charge on any atom is -0.497 e. The fraction of sp³-hybridized carbons (Fsp3) is 0.308. The van der Waals surface area contributed by atoms with Crippen LogP contribution in [-0.2, 0) is 0 Å². The summed E-state index contributed by atoms with van der Waals surface area (Å²) in [4.78, 5) is 24.4. The highest BCUT2D eigenvalue weighted by atomic mass is 28.3. The van der Waals surface area contributed by atoms with Crippen molar-refractivity contribution < 1.29 is 19.1 Å². The van der Waals surface area contributed by atoms with Gasteiger partial charge in [-0.25, -0.2) is 4.79 Å². The van der Waals surface area contributed by atoms with Crippen LogP contribution < -0.4 is 19.8 Å². The third-order valence-electron chi connectivity index (χ3n) is 5.61. The average Bonchev–Trinajstić information content (AvgIpc) is 2.71. The summed E-state index contributed by atoms with van der Waals surface area (Å²) in [5.74, 6) is 0.961. The van der Waals surface area contributed by atoms with Crippen molar-refractivity contribution in [1.82, 2.24) is 0 Å². The molecule has 32 heavy (non-hydrogen) atoms. The highest BCUT2D eigenvalue weighted by Gasteiger charge is 2.26. The maximum atomic E-state index is 12.9. The van der Waals surface area contributed by atoms with Gasteiger partial charge in [0, 0.05) is 5.56 Å². The van der Waals surface area contributed by atoms with E-state index in [1.807, 2.05) is 12.1 Å². The Balaban J connectivity index is 2.15. The predicted octanol–water partition coefficient (Wildman–Crippen LogP) is 5.36. The molecule has 0 spiro atoms. The molecule has 0 unspecified atom stereocenters. The molecule has 3 aromatic rings. The van der Waals surface area contributed by atoms with E-state index in [1.54, 1.807) is 31.4 Å². The Kier molecular flexibility index (Phi) is 6.49. The number of rotatable bonds is 6. The van der Waals surface area contributed by atoms with Crippen LogP contribution in [0.5, 0.6) is 11.5 Å². The van der Waals surface area contributed by atoms with Crippen LogP contribution in [0.2, 0.25) is 39.3 Å². The molecule has 0 atom stereocenters. The lowest BCUT2D eigenvalue weighted by molar-refractivity contribution is 0.0734.